The first-order valence-corrected chi connectivity index (χ1v) is 9.21. The Hall–Kier alpha value is -3.37. The van der Waals surface area contributed by atoms with Crippen molar-refractivity contribution in [3.05, 3.63) is 74.5 Å². The Bertz CT molecular complexity index is 1100. The lowest BCUT2D eigenvalue weighted by atomic mass is 10.2. The van der Waals surface area contributed by atoms with Crippen molar-refractivity contribution in [1.82, 2.24) is 4.98 Å². The first-order chi connectivity index (χ1) is 13.8. The molecular formula is C18H11ClFN3O5S. The van der Waals surface area contributed by atoms with Crippen LogP contribution in [0.5, 0.6) is 0 Å². The average Bonchev–Trinajstić information content (AvgIpc) is 3.18. The van der Waals surface area contributed by atoms with E-state index >= 15 is 0 Å². The van der Waals surface area contributed by atoms with E-state index in [-0.39, 0.29) is 11.4 Å². The molecule has 0 aliphatic heterocycles. The van der Waals surface area contributed by atoms with Crippen LogP contribution in [-0.2, 0) is 9.53 Å². The highest BCUT2D eigenvalue weighted by Gasteiger charge is 2.17. The highest BCUT2D eigenvalue weighted by atomic mass is 35.5. The number of anilines is 1. The van der Waals surface area contributed by atoms with Crippen LogP contribution in [0, 0.1) is 15.9 Å². The molecule has 8 nitrogen and oxygen atoms in total. The van der Waals surface area contributed by atoms with Crippen molar-refractivity contribution in [3.8, 4) is 10.6 Å². The minimum absolute atomic E-state index is 0.00366. The summed E-state index contributed by atoms with van der Waals surface area (Å²) < 4.78 is 18.2. The van der Waals surface area contributed by atoms with Gasteiger partial charge in [0.25, 0.3) is 5.91 Å². The van der Waals surface area contributed by atoms with Gasteiger partial charge in [0.1, 0.15) is 5.01 Å². The summed E-state index contributed by atoms with van der Waals surface area (Å²) in [5.74, 6) is -2.59. The number of nitro benzene ring substituents is 1. The molecule has 0 spiro atoms. The van der Waals surface area contributed by atoms with Crippen molar-refractivity contribution in [2.75, 3.05) is 11.9 Å². The van der Waals surface area contributed by atoms with E-state index in [9.17, 15) is 24.1 Å². The van der Waals surface area contributed by atoms with E-state index in [1.54, 1.807) is 24.3 Å². The average molecular weight is 436 g/mol. The van der Waals surface area contributed by atoms with Crippen LogP contribution < -0.4 is 5.32 Å². The number of hydrogen-bond donors (Lipinski definition) is 1. The molecule has 0 fully saturated rings. The van der Waals surface area contributed by atoms with E-state index in [0.717, 1.165) is 23.8 Å². The number of nitro groups is 1. The third kappa shape index (κ3) is 5.12. The number of ether oxygens (including phenoxy) is 1. The number of carbonyl (C=O) groups is 2. The first-order valence-electron chi connectivity index (χ1n) is 7.96. The Labute approximate surface area is 172 Å². The minimum Gasteiger partial charge on any atom is -0.451 e. The molecule has 11 heteroatoms. The third-order valence-electron chi connectivity index (χ3n) is 3.55. The van der Waals surface area contributed by atoms with E-state index in [1.807, 2.05) is 0 Å². The minimum atomic E-state index is -1.03. The largest absolute Gasteiger partial charge is 0.451 e. The van der Waals surface area contributed by atoms with Crippen LogP contribution in [0.15, 0.2) is 47.8 Å². The number of hydrogen-bond acceptors (Lipinski definition) is 7. The first kappa shape index (κ1) is 20.4. The maximum absolute atomic E-state index is 13.3. The van der Waals surface area contributed by atoms with Crippen molar-refractivity contribution in [2.24, 2.45) is 0 Å². The van der Waals surface area contributed by atoms with Crippen molar-refractivity contribution < 1.29 is 23.6 Å². The van der Waals surface area contributed by atoms with Gasteiger partial charge in [-0.3, -0.25) is 14.9 Å². The summed E-state index contributed by atoms with van der Waals surface area (Å²) in [6.45, 7) is -0.645. The Balaban J connectivity index is 1.59. The molecule has 3 aromatic rings. The molecule has 2 aromatic carbocycles. The van der Waals surface area contributed by atoms with Crippen LogP contribution in [0.25, 0.3) is 10.6 Å². The molecule has 0 bridgehead atoms. The molecule has 29 heavy (non-hydrogen) atoms. The number of benzene rings is 2. The van der Waals surface area contributed by atoms with Crippen LogP contribution >= 0.6 is 22.9 Å². The molecule has 0 radical (unpaired) electrons. The number of aromatic nitrogens is 1. The molecule has 0 saturated heterocycles. The van der Waals surface area contributed by atoms with Gasteiger partial charge in [0.15, 0.2) is 12.3 Å². The Morgan fingerprint density at radius 3 is 2.79 bits per heavy atom. The van der Waals surface area contributed by atoms with Gasteiger partial charge in [0, 0.05) is 27.7 Å². The number of carbonyl (C=O) groups excluding carboxylic acids is 2. The number of halogens is 2. The second-order valence-electron chi connectivity index (χ2n) is 5.60. The van der Waals surface area contributed by atoms with E-state index < -0.39 is 34.9 Å². The standard InChI is InChI=1S/C18H11ClFN3O5S/c19-11-3-1-2-10(6-11)17-22-14(9-29-17)18(25)28-8-16(24)21-12-4-5-13(20)15(7-12)23(26)27/h1-7,9H,8H2,(H,21,24). The second-order valence-corrected chi connectivity index (χ2v) is 6.89. The number of esters is 1. The molecule has 0 aliphatic rings. The van der Waals surface area contributed by atoms with Gasteiger partial charge in [0.2, 0.25) is 5.82 Å². The molecule has 148 valence electrons. The summed E-state index contributed by atoms with van der Waals surface area (Å²) >= 11 is 7.15. The fraction of sp³-hybridized carbons (Fsp3) is 0.0556. The molecule has 0 atom stereocenters. The zero-order valence-electron chi connectivity index (χ0n) is 14.4. The van der Waals surface area contributed by atoms with E-state index in [1.165, 1.54) is 16.7 Å². The van der Waals surface area contributed by atoms with Crippen LogP contribution in [0.3, 0.4) is 0 Å². The quantitative estimate of drug-likeness (QED) is 0.351. The van der Waals surface area contributed by atoms with Crippen LogP contribution in [-0.4, -0.2) is 28.4 Å². The van der Waals surface area contributed by atoms with Gasteiger partial charge in [-0.25, -0.2) is 9.78 Å². The van der Waals surface area contributed by atoms with E-state index in [2.05, 4.69) is 10.3 Å². The van der Waals surface area contributed by atoms with Crippen LogP contribution in [0.1, 0.15) is 10.5 Å². The summed E-state index contributed by atoms with van der Waals surface area (Å²) in [5.41, 5.74) is -0.0285. The smallest absolute Gasteiger partial charge is 0.358 e. The number of thiazole rings is 1. The maximum atomic E-state index is 13.3. The second kappa shape index (κ2) is 8.76. The highest BCUT2D eigenvalue weighted by molar-refractivity contribution is 7.13. The van der Waals surface area contributed by atoms with Crippen LogP contribution in [0.4, 0.5) is 15.8 Å². The van der Waals surface area contributed by atoms with Gasteiger partial charge in [-0.05, 0) is 24.3 Å². The fourth-order valence-electron chi connectivity index (χ4n) is 2.25. The van der Waals surface area contributed by atoms with E-state index in [4.69, 9.17) is 16.3 Å². The van der Waals surface area contributed by atoms with Crippen molar-refractivity contribution in [2.45, 2.75) is 0 Å². The predicted octanol–water partition coefficient (Wildman–Crippen LogP) is 4.31. The SMILES string of the molecule is O=C(COC(=O)c1csc(-c2cccc(Cl)c2)n1)Nc1ccc(F)c([N+](=O)[O-])c1. The molecule has 0 aliphatic carbocycles. The summed E-state index contributed by atoms with van der Waals surface area (Å²) in [5, 5.41) is 15.6. The maximum Gasteiger partial charge on any atom is 0.358 e. The molecule has 0 saturated carbocycles. The van der Waals surface area contributed by atoms with Crippen molar-refractivity contribution >= 4 is 46.2 Å². The van der Waals surface area contributed by atoms with Crippen molar-refractivity contribution in [1.29, 1.82) is 0 Å². The molecule has 1 aromatic heterocycles. The molecule has 1 N–H and O–H groups in total. The summed E-state index contributed by atoms with van der Waals surface area (Å²) in [4.78, 5) is 37.9. The van der Waals surface area contributed by atoms with Gasteiger partial charge < -0.3 is 10.1 Å². The summed E-state index contributed by atoms with van der Waals surface area (Å²) in [6, 6.07) is 9.82. The van der Waals surface area contributed by atoms with Gasteiger partial charge in [0.05, 0.1) is 4.92 Å². The summed E-state index contributed by atoms with van der Waals surface area (Å²) in [7, 11) is 0. The lowest BCUT2D eigenvalue weighted by Crippen LogP contribution is -2.21. The zero-order valence-corrected chi connectivity index (χ0v) is 16.0. The zero-order chi connectivity index (χ0) is 21.0. The fourth-order valence-corrected chi connectivity index (χ4v) is 3.23. The third-order valence-corrected chi connectivity index (χ3v) is 4.67. The van der Waals surface area contributed by atoms with Crippen molar-refractivity contribution in [3.63, 3.8) is 0 Å². The molecule has 3 rings (SSSR count). The number of nitrogens with one attached hydrogen (secondary N) is 1. The predicted molar refractivity (Wildman–Crippen MR) is 105 cm³/mol. The molecule has 1 heterocycles. The molecule has 0 unspecified atom stereocenters. The van der Waals surface area contributed by atoms with Gasteiger partial charge in [-0.1, -0.05) is 23.7 Å². The summed E-state index contributed by atoms with van der Waals surface area (Å²) in [6.07, 6.45) is 0. The van der Waals surface area contributed by atoms with Crippen LogP contribution in [0.2, 0.25) is 5.02 Å². The Morgan fingerprint density at radius 1 is 1.28 bits per heavy atom. The van der Waals surface area contributed by atoms with E-state index in [0.29, 0.717) is 10.0 Å². The molecular weight excluding hydrogens is 425 g/mol. The monoisotopic (exact) mass is 435 g/mol. The number of amides is 1. The normalized spacial score (nSPS) is 10.4. The topological polar surface area (TPSA) is 111 Å². The van der Waals surface area contributed by atoms with Gasteiger partial charge >= 0.3 is 11.7 Å². The molecule has 1 amide bonds. The van der Waals surface area contributed by atoms with Gasteiger partial charge in [-0.2, -0.15) is 4.39 Å². The Kier molecular flexibility index (Phi) is 6.15. The number of rotatable bonds is 6. The highest BCUT2D eigenvalue weighted by Crippen LogP contribution is 2.26. The van der Waals surface area contributed by atoms with Gasteiger partial charge in [-0.15, -0.1) is 11.3 Å². The lowest BCUT2D eigenvalue weighted by molar-refractivity contribution is -0.387. The number of nitrogens with zero attached hydrogens (tertiary/aromatic N) is 2. The Morgan fingerprint density at radius 2 is 2.07 bits per heavy atom. The lowest BCUT2D eigenvalue weighted by Gasteiger charge is -2.06.